The number of nitrogens with one attached hydrogen (secondary N) is 1. The van der Waals surface area contributed by atoms with Gasteiger partial charge < -0.3 is 20.0 Å². The van der Waals surface area contributed by atoms with Crippen LogP contribution < -0.4 is 5.32 Å². The van der Waals surface area contributed by atoms with Gasteiger partial charge in [0.15, 0.2) is 0 Å². The molecule has 0 aliphatic carbocycles. The second kappa shape index (κ2) is 9.08. The van der Waals surface area contributed by atoms with Gasteiger partial charge in [0, 0.05) is 32.1 Å². The zero-order valence-corrected chi connectivity index (χ0v) is 17.2. The fraction of sp³-hybridized carbons (Fsp3) is 0.833. The summed E-state index contributed by atoms with van der Waals surface area (Å²) in [4.78, 5) is 42.0. The van der Waals surface area contributed by atoms with Crippen molar-refractivity contribution in [2.45, 2.75) is 26.7 Å². The highest BCUT2D eigenvalue weighted by Crippen LogP contribution is 2.20. The van der Waals surface area contributed by atoms with Gasteiger partial charge in [0.1, 0.15) is 6.54 Å². The molecule has 0 spiro atoms. The zero-order chi connectivity index (χ0) is 19.3. The smallest absolute Gasteiger partial charge is 0.242 e. The van der Waals surface area contributed by atoms with Crippen LogP contribution in [0.25, 0.3) is 0 Å². The number of carbonyl (C=O) groups excluding carboxylic acids is 3. The van der Waals surface area contributed by atoms with Gasteiger partial charge in [-0.1, -0.05) is 13.8 Å². The maximum absolute atomic E-state index is 12.4. The lowest BCUT2D eigenvalue weighted by atomic mass is 9.91. The molecule has 0 unspecified atom stereocenters. The predicted octanol–water partition coefficient (Wildman–Crippen LogP) is 0.462. The maximum Gasteiger partial charge on any atom is 0.242 e. The summed E-state index contributed by atoms with van der Waals surface area (Å²) in [5.41, 5.74) is 0.0239. The summed E-state index contributed by atoms with van der Waals surface area (Å²) in [6, 6.07) is 0. The molecule has 3 amide bonds. The minimum absolute atomic E-state index is 0.00757. The van der Waals surface area contributed by atoms with Crippen LogP contribution in [-0.4, -0.2) is 90.9 Å². The Kier molecular flexibility index (Phi) is 7.34. The molecule has 0 aromatic heterocycles. The van der Waals surface area contributed by atoms with E-state index in [1.165, 1.54) is 0 Å². The number of hydrogen-bond donors (Lipinski definition) is 1. The van der Waals surface area contributed by atoms with Gasteiger partial charge in [0.05, 0.1) is 11.6 Å². The molecule has 2 aliphatic rings. The number of nitrogens with zero attached hydrogens (tertiary/aromatic N) is 3. The topological polar surface area (TPSA) is 73.0 Å². The highest BCUT2D eigenvalue weighted by Gasteiger charge is 2.30. The Morgan fingerprint density at radius 3 is 2.46 bits per heavy atom. The van der Waals surface area contributed by atoms with Crippen LogP contribution in [0.1, 0.15) is 26.7 Å². The molecule has 148 valence electrons. The standard InChI is InChI=1S/C18H32N4O3S/c1-18(2,12-20(3)4)11-19-17(25)14-5-7-21(8-6-14)15(23)9-22-13-26-10-16(22)24/h14H,5-13H2,1-4H3,(H,19,25). The first kappa shape index (κ1) is 21.0. The lowest BCUT2D eigenvalue weighted by Gasteiger charge is -2.33. The van der Waals surface area contributed by atoms with Crippen molar-refractivity contribution < 1.29 is 14.4 Å². The van der Waals surface area contributed by atoms with E-state index in [2.05, 4.69) is 24.1 Å². The van der Waals surface area contributed by atoms with Crippen molar-refractivity contribution in [1.29, 1.82) is 0 Å². The van der Waals surface area contributed by atoms with E-state index in [0.29, 0.717) is 44.1 Å². The first-order valence-electron chi connectivity index (χ1n) is 9.24. The fourth-order valence-electron chi connectivity index (χ4n) is 3.58. The van der Waals surface area contributed by atoms with E-state index in [9.17, 15) is 14.4 Å². The third-order valence-corrected chi connectivity index (χ3v) is 5.80. The summed E-state index contributed by atoms with van der Waals surface area (Å²) >= 11 is 1.54. The van der Waals surface area contributed by atoms with Crippen molar-refractivity contribution >= 4 is 29.5 Å². The van der Waals surface area contributed by atoms with Crippen LogP contribution >= 0.6 is 11.8 Å². The molecule has 1 N–H and O–H groups in total. The lowest BCUT2D eigenvalue weighted by molar-refractivity contribution is -0.140. The molecule has 0 bridgehead atoms. The van der Waals surface area contributed by atoms with Crippen molar-refractivity contribution in [3.63, 3.8) is 0 Å². The molecular formula is C18H32N4O3S. The van der Waals surface area contributed by atoms with Crippen molar-refractivity contribution in [3.05, 3.63) is 0 Å². The Morgan fingerprint density at radius 1 is 1.27 bits per heavy atom. The van der Waals surface area contributed by atoms with Gasteiger partial charge in [-0.3, -0.25) is 14.4 Å². The summed E-state index contributed by atoms with van der Waals surface area (Å²) in [6.45, 7) is 7.20. The average molecular weight is 385 g/mol. The van der Waals surface area contributed by atoms with E-state index in [1.807, 2.05) is 14.1 Å². The van der Waals surface area contributed by atoms with Crippen LogP contribution in [0.5, 0.6) is 0 Å². The number of amides is 3. The molecule has 2 saturated heterocycles. The molecule has 0 atom stereocenters. The van der Waals surface area contributed by atoms with E-state index < -0.39 is 0 Å². The van der Waals surface area contributed by atoms with Crippen LogP contribution in [0, 0.1) is 11.3 Å². The molecule has 2 rings (SSSR count). The van der Waals surface area contributed by atoms with Gasteiger partial charge in [-0.2, -0.15) is 0 Å². The number of likely N-dealkylation sites (tertiary alicyclic amines) is 1. The summed E-state index contributed by atoms with van der Waals surface area (Å²) in [7, 11) is 4.06. The zero-order valence-electron chi connectivity index (χ0n) is 16.4. The Bertz CT molecular complexity index is 531. The molecule has 0 aromatic carbocycles. The van der Waals surface area contributed by atoms with Crippen molar-refractivity contribution in [3.8, 4) is 0 Å². The second-order valence-electron chi connectivity index (χ2n) is 8.34. The molecule has 0 saturated carbocycles. The molecule has 2 fully saturated rings. The Labute approximate surface area is 160 Å². The van der Waals surface area contributed by atoms with Gasteiger partial charge in [-0.15, -0.1) is 11.8 Å². The molecule has 0 radical (unpaired) electrons. The highest BCUT2D eigenvalue weighted by molar-refractivity contribution is 8.00. The summed E-state index contributed by atoms with van der Waals surface area (Å²) in [5, 5.41) is 3.08. The van der Waals surface area contributed by atoms with Gasteiger partial charge >= 0.3 is 0 Å². The molecule has 0 aromatic rings. The van der Waals surface area contributed by atoms with Crippen LogP contribution in [0.15, 0.2) is 0 Å². The van der Waals surface area contributed by atoms with Crippen LogP contribution in [0.2, 0.25) is 0 Å². The van der Waals surface area contributed by atoms with Gasteiger partial charge in [0.25, 0.3) is 0 Å². The molecule has 7 nitrogen and oxygen atoms in total. The Morgan fingerprint density at radius 2 is 1.92 bits per heavy atom. The average Bonchev–Trinajstić information content (AvgIpc) is 2.96. The van der Waals surface area contributed by atoms with Crippen molar-refractivity contribution in [2.75, 3.05) is 58.4 Å². The summed E-state index contributed by atoms with van der Waals surface area (Å²) in [5.74, 6) is 1.17. The number of piperidine rings is 1. The van der Waals surface area contributed by atoms with Crippen molar-refractivity contribution in [1.82, 2.24) is 20.0 Å². The minimum atomic E-state index is -0.0295. The van der Waals surface area contributed by atoms with E-state index in [0.717, 1.165) is 6.54 Å². The quantitative estimate of drug-likeness (QED) is 0.690. The highest BCUT2D eigenvalue weighted by atomic mass is 32.2. The summed E-state index contributed by atoms with van der Waals surface area (Å²) < 4.78 is 0. The Hall–Kier alpha value is -1.28. The number of carbonyl (C=O) groups is 3. The minimum Gasteiger partial charge on any atom is -0.355 e. The van der Waals surface area contributed by atoms with Crippen LogP contribution in [0.4, 0.5) is 0 Å². The molecular weight excluding hydrogens is 352 g/mol. The monoisotopic (exact) mass is 384 g/mol. The van der Waals surface area contributed by atoms with Crippen LogP contribution in [-0.2, 0) is 14.4 Å². The molecule has 8 heteroatoms. The fourth-order valence-corrected chi connectivity index (χ4v) is 4.48. The molecule has 26 heavy (non-hydrogen) atoms. The van der Waals surface area contributed by atoms with E-state index in [-0.39, 0.29) is 35.6 Å². The molecule has 2 heterocycles. The van der Waals surface area contributed by atoms with E-state index in [1.54, 1.807) is 21.6 Å². The second-order valence-corrected chi connectivity index (χ2v) is 9.30. The van der Waals surface area contributed by atoms with Crippen LogP contribution in [0.3, 0.4) is 0 Å². The largest absolute Gasteiger partial charge is 0.355 e. The van der Waals surface area contributed by atoms with Crippen molar-refractivity contribution in [2.24, 2.45) is 11.3 Å². The lowest BCUT2D eigenvalue weighted by Crippen LogP contribution is -2.48. The number of thioether (sulfide) groups is 1. The van der Waals surface area contributed by atoms with Gasteiger partial charge in [-0.25, -0.2) is 0 Å². The Balaban J connectivity index is 1.72. The van der Waals surface area contributed by atoms with E-state index >= 15 is 0 Å². The SMILES string of the molecule is CN(C)CC(C)(C)CNC(=O)C1CCN(C(=O)CN2CSCC2=O)CC1. The van der Waals surface area contributed by atoms with E-state index in [4.69, 9.17) is 0 Å². The summed E-state index contributed by atoms with van der Waals surface area (Å²) in [6.07, 6.45) is 1.38. The number of hydrogen-bond acceptors (Lipinski definition) is 5. The third-order valence-electron chi connectivity index (χ3n) is 4.86. The first-order chi connectivity index (χ1) is 12.2. The normalized spacial score (nSPS) is 19.3. The third kappa shape index (κ3) is 6.16. The maximum atomic E-state index is 12.4. The number of rotatable bonds is 7. The van der Waals surface area contributed by atoms with Gasteiger partial charge in [0.2, 0.25) is 17.7 Å². The van der Waals surface area contributed by atoms with Gasteiger partial charge in [-0.05, 0) is 32.4 Å². The molecule has 2 aliphatic heterocycles. The predicted molar refractivity (Wildman–Crippen MR) is 104 cm³/mol. The first-order valence-corrected chi connectivity index (χ1v) is 10.4.